The summed E-state index contributed by atoms with van der Waals surface area (Å²) in [5.74, 6) is -0.174. The molecule has 0 fully saturated rings. The van der Waals surface area contributed by atoms with Crippen molar-refractivity contribution in [1.82, 2.24) is 5.32 Å². The smallest absolute Gasteiger partial charge is 0.123 e. The van der Waals surface area contributed by atoms with Crippen LogP contribution in [-0.2, 0) is 12.8 Å². The monoisotopic (exact) mass is 271 g/mol. The third kappa shape index (κ3) is 4.46. The SMILES string of the molecule is CCNC(Cc1ccc(F)cc1)Cc1cccc(C)c1. The predicted octanol–water partition coefficient (Wildman–Crippen LogP) is 3.90. The average molecular weight is 271 g/mol. The lowest BCUT2D eigenvalue weighted by Gasteiger charge is -2.18. The van der Waals surface area contributed by atoms with Crippen molar-refractivity contribution >= 4 is 0 Å². The molecule has 2 heteroatoms. The number of rotatable bonds is 6. The fraction of sp³-hybridized carbons (Fsp3) is 0.333. The summed E-state index contributed by atoms with van der Waals surface area (Å²) in [5, 5.41) is 3.52. The quantitative estimate of drug-likeness (QED) is 0.840. The van der Waals surface area contributed by atoms with Crippen molar-refractivity contribution in [3.05, 3.63) is 71.0 Å². The van der Waals surface area contributed by atoms with Crippen LogP contribution in [0.15, 0.2) is 48.5 Å². The molecule has 20 heavy (non-hydrogen) atoms. The van der Waals surface area contributed by atoms with Gasteiger partial charge in [0.15, 0.2) is 0 Å². The predicted molar refractivity (Wildman–Crippen MR) is 82.5 cm³/mol. The highest BCUT2D eigenvalue weighted by Crippen LogP contribution is 2.11. The van der Waals surface area contributed by atoms with E-state index in [0.29, 0.717) is 6.04 Å². The Balaban J connectivity index is 2.05. The molecule has 0 bridgehead atoms. The molecule has 2 aromatic rings. The van der Waals surface area contributed by atoms with Crippen molar-refractivity contribution in [3.8, 4) is 0 Å². The van der Waals surface area contributed by atoms with Crippen molar-refractivity contribution in [2.45, 2.75) is 32.7 Å². The van der Waals surface area contributed by atoms with Crippen LogP contribution < -0.4 is 5.32 Å². The molecule has 1 atom stereocenters. The van der Waals surface area contributed by atoms with Crippen molar-refractivity contribution in [2.75, 3.05) is 6.54 Å². The molecule has 106 valence electrons. The summed E-state index contributed by atoms with van der Waals surface area (Å²) >= 11 is 0. The summed E-state index contributed by atoms with van der Waals surface area (Å²) in [4.78, 5) is 0. The molecule has 1 unspecified atom stereocenters. The molecule has 1 N–H and O–H groups in total. The number of aryl methyl sites for hydroxylation is 1. The summed E-state index contributed by atoms with van der Waals surface area (Å²) in [7, 11) is 0. The second kappa shape index (κ2) is 7.20. The molecular formula is C18H22FN. The normalized spacial score (nSPS) is 12.3. The Morgan fingerprint density at radius 1 is 1.00 bits per heavy atom. The molecule has 0 aromatic heterocycles. The molecule has 2 aromatic carbocycles. The lowest BCUT2D eigenvalue weighted by atomic mass is 9.98. The van der Waals surface area contributed by atoms with Gasteiger partial charge in [-0.25, -0.2) is 4.39 Å². The lowest BCUT2D eigenvalue weighted by molar-refractivity contribution is 0.520. The first-order valence-corrected chi connectivity index (χ1v) is 7.20. The minimum absolute atomic E-state index is 0.174. The van der Waals surface area contributed by atoms with E-state index in [0.717, 1.165) is 19.4 Å². The van der Waals surface area contributed by atoms with Crippen LogP contribution in [0.2, 0.25) is 0 Å². The van der Waals surface area contributed by atoms with Crippen molar-refractivity contribution < 1.29 is 4.39 Å². The van der Waals surface area contributed by atoms with E-state index in [-0.39, 0.29) is 5.82 Å². The molecule has 0 aliphatic heterocycles. The van der Waals surface area contributed by atoms with E-state index >= 15 is 0 Å². The van der Waals surface area contributed by atoms with Crippen LogP contribution >= 0.6 is 0 Å². The van der Waals surface area contributed by atoms with Gasteiger partial charge in [0.25, 0.3) is 0 Å². The Kier molecular flexibility index (Phi) is 5.31. The van der Waals surface area contributed by atoms with Crippen LogP contribution in [0.1, 0.15) is 23.6 Å². The first-order valence-electron chi connectivity index (χ1n) is 7.20. The van der Waals surface area contributed by atoms with E-state index in [1.807, 2.05) is 12.1 Å². The van der Waals surface area contributed by atoms with Crippen LogP contribution in [-0.4, -0.2) is 12.6 Å². The molecule has 0 radical (unpaired) electrons. The molecule has 0 heterocycles. The Morgan fingerprint density at radius 2 is 1.70 bits per heavy atom. The number of hydrogen-bond acceptors (Lipinski definition) is 1. The van der Waals surface area contributed by atoms with Gasteiger partial charge < -0.3 is 5.32 Å². The van der Waals surface area contributed by atoms with Gasteiger partial charge in [0.05, 0.1) is 0 Å². The van der Waals surface area contributed by atoms with E-state index in [4.69, 9.17) is 0 Å². The zero-order valence-electron chi connectivity index (χ0n) is 12.2. The van der Waals surface area contributed by atoms with Crippen molar-refractivity contribution in [1.29, 1.82) is 0 Å². The number of hydrogen-bond donors (Lipinski definition) is 1. The summed E-state index contributed by atoms with van der Waals surface area (Å²) in [6.45, 7) is 5.18. The zero-order valence-corrected chi connectivity index (χ0v) is 12.2. The van der Waals surface area contributed by atoms with Crippen LogP contribution in [0.25, 0.3) is 0 Å². The number of benzene rings is 2. The van der Waals surface area contributed by atoms with Crippen molar-refractivity contribution in [2.24, 2.45) is 0 Å². The van der Waals surface area contributed by atoms with E-state index < -0.39 is 0 Å². The number of halogens is 1. The van der Waals surface area contributed by atoms with Gasteiger partial charge >= 0.3 is 0 Å². The third-order valence-corrected chi connectivity index (χ3v) is 3.45. The number of nitrogens with one attached hydrogen (secondary N) is 1. The van der Waals surface area contributed by atoms with Gasteiger partial charge in [-0.1, -0.05) is 48.9 Å². The van der Waals surface area contributed by atoms with Gasteiger partial charge in [-0.05, 0) is 49.6 Å². The van der Waals surface area contributed by atoms with Crippen molar-refractivity contribution in [3.63, 3.8) is 0 Å². The standard InChI is InChI=1S/C18H22FN/c1-3-20-18(12-15-7-9-17(19)10-8-15)13-16-6-4-5-14(2)11-16/h4-11,18,20H,3,12-13H2,1-2H3. The molecule has 0 spiro atoms. The second-order valence-corrected chi connectivity index (χ2v) is 5.28. The fourth-order valence-electron chi connectivity index (χ4n) is 2.53. The van der Waals surface area contributed by atoms with Gasteiger partial charge in [0, 0.05) is 6.04 Å². The minimum Gasteiger partial charge on any atom is -0.314 e. The molecule has 0 saturated carbocycles. The van der Waals surface area contributed by atoms with Gasteiger partial charge in [0.1, 0.15) is 5.82 Å². The summed E-state index contributed by atoms with van der Waals surface area (Å²) < 4.78 is 12.9. The van der Waals surface area contributed by atoms with E-state index in [1.54, 1.807) is 0 Å². The molecule has 1 nitrogen and oxygen atoms in total. The van der Waals surface area contributed by atoms with Crippen LogP contribution in [0.4, 0.5) is 4.39 Å². The Labute approximate surface area is 120 Å². The maximum atomic E-state index is 12.9. The number of likely N-dealkylation sites (N-methyl/N-ethyl adjacent to an activating group) is 1. The molecule has 0 aliphatic rings. The summed E-state index contributed by atoms with van der Waals surface area (Å²) in [5.41, 5.74) is 3.81. The maximum absolute atomic E-state index is 12.9. The molecule has 0 aliphatic carbocycles. The van der Waals surface area contributed by atoms with E-state index in [2.05, 4.69) is 43.4 Å². The summed E-state index contributed by atoms with van der Waals surface area (Å²) in [6, 6.07) is 15.8. The first kappa shape index (κ1) is 14.7. The van der Waals surface area contributed by atoms with Gasteiger partial charge in [-0.15, -0.1) is 0 Å². The highest BCUT2D eigenvalue weighted by molar-refractivity contribution is 5.24. The topological polar surface area (TPSA) is 12.0 Å². The molecule has 2 rings (SSSR count). The first-order chi connectivity index (χ1) is 9.67. The summed E-state index contributed by atoms with van der Waals surface area (Å²) in [6.07, 6.45) is 1.91. The Bertz CT molecular complexity index is 533. The van der Waals surface area contributed by atoms with Gasteiger partial charge in [-0.3, -0.25) is 0 Å². The van der Waals surface area contributed by atoms with Gasteiger partial charge in [0.2, 0.25) is 0 Å². The van der Waals surface area contributed by atoms with E-state index in [9.17, 15) is 4.39 Å². The lowest BCUT2D eigenvalue weighted by Crippen LogP contribution is -2.33. The second-order valence-electron chi connectivity index (χ2n) is 5.28. The molecule has 0 amide bonds. The molecular weight excluding hydrogens is 249 g/mol. The Morgan fingerprint density at radius 3 is 2.35 bits per heavy atom. The van der Waals surface area contributed by atoms with E-state index in [1.165, 1.54) is 28.8 Å². The highest BCUT2D eigenvalue weighted by Gasteiger charge is 2.09. The fourth-order valence-corrected chi connectivity index (χ4v) is 2.53. The largest absolute Gasteiger partial charge is 0.314 e. The highest BCUT2D eigenvalue weighted by atomic mass is 19.1. The minimum atomic E-state index is -0.174. The maximum Gasteiger partial charge on any atom is 0.123 e. The average Bonchev–Trinajstić information content (AvgIpc) is 2.42. The van der Waals surface area contributed by atoms with Gasteiger partial charge in [-0.2, -0.15) is 0 Å². The third-order valence-electron chi connectivity index (χ3n) is 3.45. The van der Waals surface area contributed by atoms with Crippen LogP contribution in [0, 0.1) is 12.7 Å². The molecule has 0 saturated heterocycles. The Hall–Kier alpha value is -1.67. The van der Waals surface area contributed by atoms with Crippen LogP contribution in [0.5, 0.6) is 0 Å². The zero-order chi connectivity index (χ0) is 14.4. The van der Waals surface area contributed by atoms with Crippen LogP contribution in [0.3, 0.4) is 0 Å².